The van der Waals surface area contributed by atoms with Crippen LogP contribution in [-0.4, -0.2) is 15.0 Å². The predicted octanol–water partition coefficient (Wildman–Crippen LogP) is 6.70. The van der Waals surface area contributed by atoms with Crippen LogP contribution >= 0.6 is 0 Å². The summed E-state index contributed by atoms with van der Waals surface area (Å²) in [5.74, 6) is 0. The molecule has 163 valence electrons. The van der Waals surface area contributed by atoms with Crippen molar-refractivity contribution in [3.05, 3.63) is 115 Å². The van der Waals surface area contributed by atoms with Gasteiger partial charge in [-0.3, -0.25) is 4.98 Å². The molecule has 5 heteroatoms. The molecular formula is C28H19IrN3O-2. The summed E-state index contributed by atoms with van der Waals surface area (Å²) in [6, 6.07) is 30.1. The molecule has 0 amide bonds. The van der Waals surface area contributed by atoms with Gasteiger partial charge < -0.3 is 14.4 Å². The Hall–Kier alpha value is -3.66. The fourth-order valence-electron chi connectivity index (χ4n) is 3.43. The molecule has 1 radical (unpaired) electrons. The van der Waals surface area contributed by atoms with Crippen LogP contribution in [0.15, 0.2) is 102 Å². The summed E-state index contributed by atoms with van der Waals surface area (Å²) in [7, 11) is 0. The Morgan fingerprint density at radius 3 is 2.30 bits per heavy atom. The van der Waals surface area contributed by atoms with E-state index in [-0.39, 0.29) is 20.1 Å². The fraction of sp³-hybridized carbons (Fsp3) is 0.0357. The van der Waals surface area contributed by atoms with Crippen molar-refractivity contribution in [2.45, 2.75) is 6.92 Å². The van der Waals surface area contributed by atoms with Crippen molar-refractivity contribution in [2.24, 2.45) is 0 Å². The maximum Gasteiger partial charge on any atom is 0.151 e. The molecule has 33 heavy (non-hydrogen) atoms. The first-order chi connectivity index (χ1) is 15.8. The first-order valence-electron chi connectivity index (χ1n) is 10.3. The average molecular weight is 606 g/mol. The van der Waals surface area contributed by atoms with E-state index in [1.165, 1.54) is 5.56 Å². The second-order valence-electron chi connectivity index (χ2n) is 7.31. The third kappa shape index (κ3) is 5.06. The Bertz CT molecular complexity index is 1460. The molecule has 4 nitrogen and oxygen atoms in total. The Kier molecular flexibility index (Phi) is 7.04. The van der Waals surface area contributed by atoms with Crippen molar-refractivity contribution in [1.82, 2.24) is 15.0 Å². The number of para-hydroxylation sites is 1. The van der Waals surface area contributed by atoms with E-state index in [1.54, 1.807) is 18.6 Å². The van der Waals surface area contributed by atoms with Crippen LogP contribution in [-0.2, 0) is 20.1 Å². The zero-order chi connectivity index (χ0) is 21.8. The van der Waals surface area contributed by atoms with Gasteiger partial charge in [-0.2, -0.15) is 11.6 Å². The number of fused-ring (bicyclic) bond motifs is 3. The molecule has 6 aromatic rings. The van der Waals surface area contributed by atoms with E-state index in [4.69, 9.17) is 4.42 Å². The van der Waals surface area contributed by atoms with Gasteiger partial charge in [-0.05, 0) is 42.3 Å². The van der Waals surface area contributed by atoms with Crippen LogP contribution < -0.4 is 0 Å². The van der Waals surface area contributed by atoms with E-state index in [9.17, 15) is 0 Å². The number of rotatable bonds is 2. The van der Waals surface area contributed by atoms with E-state index < -0.39 is 0 Å². The quantitative estimate of drug-likeness (QED) is 0.206. The molecule has 6 rings (SSSR count). The fourth-order valence-corrected chi connectivity index (χ4v) is 3.43. The van der Waals surface area contributed by atoms with Gasteiger partial charge in [0.2, 0.25) is 0 Å². The van der Waals surface area contributed by atoms with E-state index >= 15 is 0 Å². The van der Waals surface area contributed by atoms with E-state index in [0.29, 0.717) is 0 Å². The van der Waals surface area contributed by atoms with Crippen LogP contribution in [0.5, 0.6) is 0 Å². The molecule has 4 aromatic heterocycles. The largest absolute Gasteiger partial charge is 0.455 e. The van der Waals surface area contributed by atoms with Crippen molar-refractivity contribution in [3.8, 4) is 22.5 Å². The molecule has 0 unspecified atom stereocenters. The van der Waals surface area contributed by atoms with Crippen molar-refractivity contribution >= 4 is 21.9 Å². The molecule has 0 aliphatic heterocycles. The van der Waals surface area contributed by atoms with Crippen molar-refractivity contribution in [3.63, 3.8) is 0 Å². The van der Waals surface area contributed by atoms with Crippen LogP contribution in [0.4, 0.5) is 0 Å². The van der Waals surface area contributed by atoms with Gasteiger partial charge in [-0.15, -0.1) is 42.0 Å². The van der Waals surface area contributed by atoms with Crippen molar-refractivity contribution in [1.29, 1.82) is 0 Å². The number of hydrogen-bond acceptors (Lipinski definition) is 4. The number of pyridine rings is 3. The molecular weight excluding hydrogens is 587 g/mol. The first kappa shape index (κ1) is 22.5. The number of furan rings is 1. The molecule has 0 saturated carbocycles. The molecule has 0 aliphatic carbocycles. The summed E-state index contributed by atoms with van der Waals surface area (Å²) in [5, 5.41) is 2.18. The second-order valence-corrected chi connectivity index (χ2v) is 7.31. The van der Waals surface area contributed by atoms with Crippen LogP contribution in [0.25, 0.3) is 44.5 Å². The van der Waals surface area contributed by atoms with Crippen LogP contribution in [0.2, 0.25) is 0 Å². The SMILES string of the molecule is Cc1ccc(-c2[c-]cccc2)nc1.[Ir].[c-]1cnccc1-c1cc2c(cn1)oc1ccccc12. The van der Waals surface area contributed by atoms with Crippen molar-refractivity contribution in [2.75, 3.05) is 0 Å². The molecule has 0 atom stereocenters. The number of aromatic nitrogens is 3. The summed E-state index contributed by atoms with van der Waals surface area (Å²) in [5.41, 5.74) is 6.70. The molecule has 0 fully saturated rings. The van der Waals surface area contributed by atoms with Gasteiger partial charge >= 0.3 is 0 Å². The molecule has 0 bridgehead atoms. The minimum Gasteiger partial charge on any atom is -0.455 e. The summed E-state index contributed by atoms with van der Waals surface area (Å²) in [6.07, 6.45) is 7.02. The summed E-state index contributed by atoms with van der Waals surface area (Å²) < 4.78 is 5.76. The topological polar surface area (TPSA) is 51.8 Å². The average Bonchev–Trinajstić information content (AvgIpc) is 3.24. The van der Waals surface area contributed by atoms with Gasteiger partial charge in [0.1, 0.15) is 5.58 Å². The van der Waals surface area contributed by atoms with Crippen LogP contribution in [0.3, 0.4) is 0 Å². The van der Waals surface area contributed by atoms with Gasteiger partial charge in [0.15, 0.2) is 5.58 Å². The molecule has 0 spiro atoms. The van der Waals surface area contributed by atoms with E-state index in [2.05, 4.69) is 39.2 Å². The maximum absolute atomic E-state index is 5.76. The Morgan fingerprint density at radius 2 is 1.55 bits per heavy atom. The minimum atomic E-state index is 0. The predicted molar refractivity (Wildman–Crippen MR) is 127 cm³/mol. The number of aryl methyl sites for hydroxylation is 1. The number of benzene rings is 2. The molecule has 2 aromatic carbocycles. The Labute approximate surface area is 205 Å². The van der Waals surface area contributed by atoms with Gasteiger partial charge in [0.05, 0.1) is 6.20 Å². The first-order valence-corrected chi connectivity index (χ1v) is 10.3. The Balaban J connectivity index is 0.000000164. The van der Waals surface area contributed by atoms with Gasteiger partial charge in [-0.1, -0.05) is 36.4 Å². The zero-order valence-electron chi connectivity index (χ0n) is 17.8. The van der Waals surface area contributed by atoms with Gasteiger partial charge in [0.25, 0.3) is 0 Å². The zero-order valence-corrected chi connectivity index (χ0v) is 20.2. The third-order valence-electron chi connectivity index (χ3n) is 5.06. The molecule has 0 saturated heterocycles. The van der Waals surface area contributed by atoms with Crippen LogP contribution in [0, 0.1) is 19.1 Å². The van der Waals surface area contributed by atoms with Crippen LogP contribution in [0.1, 0.15) is 5.56 Å². The maximum atomic E-state index is 5.76. The number of hydrogen-bond donors (Lipinski definition) is 0. The third-order valence-corrected chi connectivity index (χ3v) is 5.06. The second kappa shape index (κ2) is 10.3. The minimum absolute atomic E-state index is 0. The smallest absolute Gasteiger partial charge is 0.151 e. The standard InChI is InChI=1S/C16H9N2O.C12H10N.Ir/c1-2-4-15-12(3-1)13-9-14(18-10-16(13)19-15)11-5-7-17-8-6-11;1-10-7-8-12(13-9-10)11-5-3-2-4-6-11;/h1-5,7-10H;2-5,7-9H,1H3;/q2*-1;. The van der Waals surface area contributed by atoms with Gasteiger partial charge in [0, 0.05) is 37.1 Å². The van der Waals surface area contributed by atoms with Crippen molar-refractivity contribution < 1.29 is 24.5 Å². The summed E-state index contributed by atoms with van der Waals surface area (Å²) in [4.78, 5) is 12.7. The normalized spacial score (nSPS) is 10.3. The summed E-state index contributed by atoms with van der Waals surface area (Å²) in [6.45, 7) is 2.03. The molecule has 0 aliphatic rings. The van der Waals surface area contributed by atoms with E-state index in [0.717, 1.165) is 44.5 Å². The number of nitrogens with zero attached hydrogens (tertiary/aromatic N) is 3. The summed E-state index contributed by atoms with van der Waals surface area (Å²) >= 11 is 0. The monoisotopic (exact) mass is 606 g/mol. The Morgan fingerprint density at radius 1 is 0.727 bits per heavy atom. The molecule has 4 heterocycles. The van der Waals surface area contributed by atoms with Gasteiger partial charge in [-0.25, -0.2) is 0 Å². The molecule has 0 N–H and O–H groups in total. The van der Waals surface area contributed by atoms with E-state index in [1.807, 2.05) is 73.8 Å².